The third kappa shape index (κ3) is 4.94. The van der Waals surface area contributed by atoms with E-state index < -0.39 is 10.9 Å². The molecule has 1 saturated heterocycles. The van der Waals surface area contributed by atoms with E-state index in [0.29, 0.717) is 49.6 Å². The lowest BCUT2D eigenvalue weighted by molar-refractivity contribution is -0.125. The van der Waals surface area contributed by atoms with Crippen LogP contribution in [0.25, 0.3) is 0 Å². The molecule has 0 spiro atoms. The van der Waals surface area contributed by atoms with Crippen molar-refractivity contribution in [3.63, 3.8) is 0 Å². The van der Waals surface area contributed by atoms with Gasteiger partial charge in [-0.2, -0.15) is 0 Å². The highest BCUT2D eigenvalue weighted by Crippen LogP contribution is 2.25. The van der Waals surface area contributed by atoms with Gasteiger partial charge in [0.25, 0.3) is 11.8 Å². The third-order valence-corrected chi connectivity index (χ3v) is 5.33. The zero-order valence-electron chi connectivity index (χ0n) is 16.4. The fourth-order valence-corrected chi connectivity index (χ4v) is 3.75. The molecule has 0 aliphatic carbocycles. The normalized spacial score (nSPS) is 16.9. The van der Waals surface area contributed by atoms with Crippen LogP contribution < -0.4 is 9.46 Å². The predicted octanol–water partition coefficient (Wildman–Crippen LogP) is 1.06. The first-order valence-electron chi connectivity index (χ1n) is 9.31. The molecule has 1 aromatic rings. The van der Waals surface area contributed by atoms with Gasteiger partial charge >= 0.3 is 0 Å². The minimum Gasteiger partial charge on any atom is -0.496 e. The van der Waals surface area contributed by atoms with E-state index in [9.17, 15) is 18.0 Å². The second kappa shape index (κ2) is 9.08. The lowest BCUT2D eigenvalue weighted by Crippen LogP contribution is -2.52. The molecule has 156 valence electrons. The van der Waals surface area contributed by atoms with Crippen LogP contribution in [0.1, 0.15) is 30.1 Å². The smallest absolute Gasteiger partial charge is 0.268 e. The van der Waals surface area contributed by atoms with Gasteiger partial charge in [-0.1, -0.05) is 6.08 Å². The minimum atomic E-state index is -2.80. The number of thiol groups is 1. The van der Waals surface area contributed by atoms with Crippen LogP contribution in [0.5, 0.6) is 5.75 Å². The summed E-state index contributed by atoms with van der Waals surface area (Å²) in [5.74, 6) is -0.000689. The molecule has 2 amide bonds. The Hall–Kier alpha value is -2.88. The van der Waals surface area contributed by atoms with Gasteiger partial charge in [0.1, 0.15) is 11.5 Å². The summed E-state index contributed by atoms with van der Waals surface area (Å²) < 4.78 is 29.2. The zero-order chi connectivity index (χ0) is 21.0. The quantitative estimate of drug-likeness (QED) is 0.693. The van der Waals surface area contributed by atoms with E-state index in [2.05, 4.69) is 9.71 Å². The number of carbonyl (C=O) groups excluding carboxylic acids is 2. The van der Waals surface area contributed by atoms with Gasteiger partial charge in [-0.05, 0) is 31.9 Å². The van der Waals surface area contributed by atoms with E-state index >= 15 is 0 Å². The number of hydrogen-bond donors (Lipinski definition) is 2. The van der Waals surface area contributed by atoms with E-state index in [4.69, 9.17) is 4.74 Å². The number of anilines is 1. The minimum absolute atomic E-state index is 0.0655. The molecule has 0 aromatic heterocycles. The van der Waals surface area contributed by atoms with Crippen LogP contribution in [0.2, 0.25) is 0 Å². The number of hydrogen-bond acceptors (Lipinski definition) is 6. The van der Waals surface area contributed by atoms with Crippen LogP contribution in [0.15, 0.2) is 35.0 Å². The number of allylic oxidation sites excluding steroid dienone is 2. The van der Waals surface area contributed by atoms with Crippen LogP contribution in [-0.4, -0.2) is 69.0 Å². The fourth-order valence-electron chi connectivity index (χ4n) is 3.40. The topological polar surface area (TPSA) is 108 Å². The third-order valence-electron chi connectivity index (χ3n) is 4.89. The number of rotatable bonds is 5. The number of ether oxygens (including phenoxy) is 1. The molecule has 2 heterocycles. The molecule has 0 radical (unpaired) electrons. The van der Waals surface area contributed by atoms with Gasteiger partial charge in [0.05, 0.1) is 18.4 Å². The molecule has 1 fully saturated rings. The Morgan fingerprint density at radius 3 is 2.34 bits per heavy atom. The summed E-state index contributed by atoms with van der Waals surface area (Å²) in [7, 11) is -1.38. The Morgan fingerprint density at radius 1 is 1.10 bits per heavy atom. The van der Waals surface area contributed by atoms with E-state index in [-0.39, 0.29) is 17.6 Å². The van der Waals surface area contributed by atoms with Crippen LogP contribution in [0, 0.1) is 0 Å². The number of piperazine rings is 1. The van der Waals surface area contributed by atoms with Crippen molar-refractivity contribution in [2.24, 2.45) is 4.99 Å². The molecule has 10 heteroatoms. The van der Waals surface area contributed by atoms with Crippen LogP contribution in [-0.2, 0) is 15.7 Å². The molecule has 0 unspecified atom stereocenters. The maximum atomic E-state index is 12.9. The maximum Gasteiger partial charge on any atom is 0.268 e. The van der Waals surface area contributed by atoms with Gasteiger partial charge in [-0.25, -0.2) is 8.42 Å². The lowest BCUT2D eigenvalue weighted by atomic mass is 10.1. The molecule has 0 bridgehead atoms. The summed E-state index contributed by atoms with van der Waals surface area (Å²) in [5.41, 5.74) is 2.10. The van der Waals surface area contributed by atoms with Crippen LogP contribution >= 0.6 is 0 Å². The monoisotopic (exact) mass is 420 g/mol. The predicted molar refractivity (Wildman–Crippen MR) is 110 cm³/mol. The van der Waals surface area contributed by atoms with Gasteiger partial charge in [0.2, 0.25) is 10.9 Å². The summed E-state index contributed by atoms with van der Waals surface area (Å²) in [5, 5.41) is 0. The summed E-state index contributed by atoms with van der Waals surface area (Å²) >= 11 is 0. The van der Waals surface area contributed by atoms with Gasteiger partial charge in [-0.3, -0.25) is 19.3 Å². The fraction of sp³-hybridized carbons (Fsp3) is 0.421. The molecule has 0 saturated carbocycles. The van der Waals surface area contributed by atoms with Crippen molar-refractivity contribution in [3.05, 3.63) is 35.5 Å². The van der Waals surface area contributed by atoms with Gasteiger partial charge in [-0.15, -0.1) is 0 Å². The summed E-state index contributed by atoms with van der Waals surface area (Å²) in [6.45, 7) is 3.56. The number of benzene rings is 1. The number of methoxy groups -OCH3 is 1. The standard InChI is InChI=1S/C19H24N4O5S/c1-13-4-3-5-16(20-13)19(25)23-10-8-22(9-11-23)18(24)15-7-6-14(21-29(26)27)12-17(15)28-2/h4,6-7,12,29H,3,5,8-11H2,1-2H3,(H,21,26,27). The average Bonchev–Trinajstić information content (AvgIpc) is 2.72. The van der Waals surface area contributed by atoms with Crippen molar-refractivity contribution in [1.29, 1.82) is 0 Å². The molecule has 0 atom stereocenters. The van der Waals surface area contributed by atoms with Crippen molar-refractivity contribution < 1.29 is 22.7 Å². The molecule has 2 aliphatic rings. The van der Waals surface area contributed by atoms with Crippen molar-refractivity contribution >= 4 is 34.1 Å². The first-order chi connectivity index (χ1) is 13.9. The molecule has 9 nitrogen and oxygen atoms in total. The van der Waals surface area contributed by atoms with Crippen molar-refractivity contribution in [1.82, 2.24) is 9.80 Å². The average molecular weight is 420 g/mol. The van der Waals surface area contributed by atoms with Crippen LogP contribution in [0.3, 0.4) is 0 Å². The Morgan fingerprint density at radius 2 is 1.76 bits per heavy atom. The Balaban J connectivity index is 1.65. The molecular formula is C19H24N4O5S. The number of nitrogens with one attached hydrogen (secondary N) is 1. The highest BCUT2D eigenvalue weighted by molar-refractivity contribution is 7.73. The summed E-state index contributed by atoms with van der Waals surface area (Å²) in [6, 6.07) is 4.51. The second-order valence-electron chi connectivity index (χ2n) is 6.81. The summed E-state index contributed by atoms with van der Waals surface area (Å²) in [4.78, 5) is 33.3. The lowest BCUT2D eigenvalue weighted by Gasteiger charge is -2.35. The van der Waals surface area contributed by atoms with E-state index in [1.807, 2.05) is 13.0 Å². The Kier molecular flexibility index (Phi) is 6.53. The molecule has 2 aliphatic heterocycles. The summed E-state index contributed by atoms with van der Waals surface area (Å²) in [6.07, 6.45) is 3.47. The first kappa shape index (κ1) is 20.8. The van der Waals surface area contributed by atoms with Crippen molar-refractivity contribution in [2.45, 2.75) is 19.8 Å². The molecular weight excluding hydrogens is 396 g/mol. The van der Waals surface area contributed by atoms with E-state index in [1.165, 1.54) is 25.3 Å². The van der Waals surface area contributed by atoms with Gasteiger partial charge in [0, 0.05) is 37.9 Å². The Labute approximate surface area is 171 Å². The van der Waals surface area contributed by atoms with E-state index in [0.717, 1.165) is 12.1 Å². The maximum absolute atomic E-state index is 12.9. The highest BCUT2D eigenvalue weighted by Gasteiger charge is 2.28. The SMILES string of the molecule is COc1cc(N[SH](=O)=O)ccc1C(=O)N1CCN(C(=O)C2=NC(C)=CCC2)CC1. The molecule has 1 aromatic carbocycles. The van der Waals surface area contributed by atoms with Gasteiger partial charge in [0.15, 0.2) is 0 Å². The number of amides is 2. The number of carbonyl (C=O) groups is 2. The van der Waals surface area contributed by atoms with Crippen molar-refractivity contribution in [2.75, 3.05) is 38.0 Å². The highest BCUT2D eigenvalue weighted by atomic mass is 32.2. The zero-order valence-corrected chi connectivity index (χ0v) is 17.3. The molecule has 3 rings (SSSR count). The van der Waals surface area contributed by atoms with Gasteiger partial charge < -0.3 is 14.5 Å². The molecule has 29 heavy (non-hydrogen) atoms. The largest absolute Gasteiger partial charge is 0.496 e. The second-order valence-corrected chi connectivity index (χ2v) is 7.55. The first-order valence-corrected chi connectivity index (χ1v) is 10.5. The Bertz CT molecular complexity index is 938. The molecule has 1 N–H and O–H groups in total. The number of nitrogens with zero attached hydrogens (tertiary/aromatic N) is 3. The van der Waals surface area contributed by atoms with Crippen molar-refractivity contribution in [3.8, 4) is 5.75 Å². The van der Waals surface area contributed by atoms with Crippen LogP contribution in [0.4, 0.5) is 5.69 Å². The van der Waals surface area contributed by atoms with E-state index in [1.54, 1.807) is 9.80 Å². The number of aliphatic imine (C=N–C) groups is 1.